The van der Waals surface area contributed by atoms with E-state index >= 15 is 0 Å². The Hall–Kier alpha value is -1.12. The van der Waals surface area contributed by atoms with Crippen LogP contribution in [0.4, 0.5) is 0 Å². The number of carbonyl (C=O) groups is 2. The molecule has 1 saturated carbocycles. The van der Waals surface area contributed by atoms with Gasteiger partial charge in [-0.25, -0.2) is 0 Å². The molecule has 3 nitrogen and oxygen atoms in total. The van der Waals surface area contributed by atoms with Gasteiger partial charge in [0.25, 0.3) is 0 Å². The van der Waals surface area contributed by atoms with Crippen molar-refractivity contribution >= 4 is 11.6 Å². The molecule has 0 aromatic carbocycles. The maximum atomic E-state index is 12.7. The maximum absolute atomic E-state index is 12.7. The Balaban J connectivity index is 1.81. The molecule has 1 saturated heterocycles. The van der Waals surface area contributed by atoms with Crippen LogP contribution in [0.5, 0.6) is 0 Å². The highest BCUT2D eigenvalue weighted by Gasteiger charge is 2.52. The molecule has 3 heteroatoms. The molecule has 1 unspecified atom stereocenters. The molecule has 4 aliphatic rings. The molecular formula is C16H21NO2. The minimum absolute atomic E-state index is 0.0121. The Morgan fingerprint density at radius 2 is 2.00 bits per heavy atom. The van der Waals surface area contributed by atoms with Gasteiger partial charge in [0.05, 0.1) is 0 Å². The molecule has 0 aromatic heterocycles. The highest BCUT2D eigenvalue weighted by Crippen LogP contribution is 2.51. The van der Waals surface area contributed by atoms with Gasteiger partial charge in [-0.1, -0.05) is 6.92 Å². The van der Waals surface area contributed by atoms with Crippen molar-refractivity contribution in [3.8, 4) is 0 Å². The first-order valence-electron chi connectivity index (χ1n) is 7.71. The first kappa shape index (κ1) is 11.7. The van der Waals surface area contributed by atoms with E-state index in [9.17, 15) is 9.59 Å². The van der Waals surface area contributed by atoms with Gasteiger partial charge in [-0.05, 0) is 31.6 Å². The van der Waals surface area contributed by atoms with Crippen LogP contribution in [0.2, 0.25) is 0 Å². The smallest absolute Gasteiger partial charge is 0.164 e. The molecule has 2 aliphatic carbocycles. The summed E-state index contributed by atoms with van der Waals surface area (Å²) in [6, 6.07) is 0. The largest absolute Gasteiger partial charge is 0.374 e. The van der Waals surface area contributed by atoms with Crippen molar-refractivity contribution in [3.63, 3.8) is 0 Å². The van der Waals surface area contributed by atoms with Gasteiger partial charge >= 0.3 is 0 Å². The van der Waals surface area contributed by atoms with Crippen LogP contribution in [0.25, 0.3) is 0 Å². The molecule has 102 valence electrons. The van der Waals surface area contributed by atoms with Gasteiger partial charge in [0.1, 0.15) is 5.78 Å². The standard InChI is InChI=1S/C16H21NO2/c1-9-7-12-14(13(18)8-9)10-3-2-5-17-6-4-11(15(10)17)16(12)19/h9-10,12,14H,2-8H2,1H3/t9-,10-,12-,14?/m1/s1. The van der Waals surface area contributed by atoms with E-state index in [0.717, 1.165) is 37.9 Å². The molecule has 4 atom stereocenters. The van der Waals surface area contributed by atoms with Crippen LogP contribution in [0.1, 0.15) is 39.0 Å². The number of nitrogens with zero attached hydrogens (tertiary/aromatic N) is 1. The van der Waals surface area contributed by atoms with E-state index < -0.39 is 0 Å². The van der Waals surface area contributed by atoms with Gasteiger partial charge in [-0.15, -0.1) is 0 Å². The Morgan fingerprint density at radius 3 is 2.84 bits per heavy atom. The van der Waals surface area contributed by atoms with Gasteiger partial charge in [-0.2, -0.15) is 0 Å². The van der Waals surface area contributed by atoms with Crippen molar-refractivity contribution in [1.82, 2.24) is 4.90 Å². The van der Waals surface area contributed by atoms with E-state index in [4.69, 9.17) is 0 Å². The predicted octanol–water partition coefficient (Wildman–Crippen LogP) is 2.17. The average Bonchev–Trinajstić information content (AvgIpc) is 2.80. The van der Waals surface area contributed by atoms with E-state index in [-0.39, 0.29) is 11.8 Å². The average molecular weight is 259 g/mol. The molecule has 2 aliphatic heterocycles. The van der Waals surface area contributed by atoms with Crippen molar-refractivity contribution < 1.29 is 9.59 Å². The molecule has 2 heterocycles. The highest BCUT2D eigenvalue weighted by atomic mass is 16.1. The quantitative estimate of drug-likeness (QED) is 0.669. The number of fused-ring (bicyclic) bond motifs is 2. The molecule has 0 radical (unpaired) electrons. The Labute approximate surface area is 114 Å². The SMILES string of the molecule is C[C@H]1CC(=O)C2[C@@H](C1)C(=O)C1=C3[C@@H]2CCCN3CC1. The van der Waals surface area contributed by atoms with Gasteiger partial charge in [0, 0.05) is 48.5 Å². The number of rotatable bonds is 0. The summed E-state index contributed by atoms with van der Waals surface area (Å²) < 4.78 is 0. The summed E-state index contributed by atoms with van der Waals surface area (Å²) in [5.41, 5.74) is 2.37. The van der Waals surface area contributed by atoms with Crippen LogP contribution >= 0.6 is 0 Å². The second kappa shape index (κ2) is 3.94. The number of piperidine rings is 1. The summed E-state index contributed by atoms with van der Waals surface area (Å²) in [5.74, 6) is 1.47. The lowest BCUT2D eigenvalue weighted by molar-refractivity contribution is -0.138. The molecular weight excluding hydrogens is 238 g/mol. The minimum Gasteiger partial charge on any atom is -0.374 e. The predicted molar refractivity (Wildman–Crippen MR) is 71.3 cm³/mol. The summed E-state index contributed by atoms with van der Waals surface area (Å²) in [6.45, 7) is 4.22. The summed E-state index contributed by atoms with van der Waals surface area (Å²) in [6.07, 6.45) is 4.85. The number of carbonyl (C=O) groups excluding carboxylic acids is 2. The van der Waals surface area contributed by atoms with Crippen LogP contribution in [-0.4, -0.2) is 29.6 Å². The van der Waals surface area contributed by atoms with Crippen LogP contribution in [0.3, 0.4) is 0 Å². The van der Waals surface area contributed by atoms with E-state index in [2.05, 4.69) is 11.8 Å². The van der Waals surface area contributed by atoms with Crippen molar-refractivity contribution in [2.75, 3.05) is 13.1 Å². The van der Waals surface area contributed by atoms with Crippen LogP contribution in [-0.2, 0) is 9.59 Å². The molecule has 19 heavy (non-hydrogen) atoms. The van der Waals surface area contributed by atoms with Crippen LogP contribution in [0, 0.1) is 23.7 Å². The lowest BCUT2D eigenvalue weighted by atomic mass is 9.60. The van der Waals surface area contributed by atoms with E-state index in [1.165, 1.54) is 12.1 Å². The van der Waals surface area contributed by atoms with E-state index in [0.29, 0.717) is 29.8 Å². The minimum atomic E-state index is 0.0121. The molecule has 0 bridgehead atoms. The Morgan fingerprint density at radius 1 is 1.16 bits per heavy atom. The third-order valence-corrected chi connectivity index (χ3v) is 5.65. The topological polar surface area (TPSA) is 37.4 Å². The molecule has 0 spiro atoms. The zero-order chi connectivity index (χ0) is 13.1. The number of hydrogen-bond acceptors (Lipinski definition) is 3. The van der Waals surface area contributed by atoms with Crippen LogP contribution in [0.15, 0.2) is 11.3 Å². The molecule has 0 N–H and O–H groups in total. The summed E-state index contributed by atoms with van der Waals surface area (Å²) in [7, 11) is 0. The third kappa shape index (κ3) is 1.50. The third-order valence-electron chi connectivity index (χ3n) is 5.65. The van der Waals surface area contributed by atoms with Gasteiger partial charge in [0.15, 0.2) is 5.78 Å². The van der Waals surface area contributed by atoms with Gasteiger partial charge in [0.2, 0.25) is 0 Å². The van der Waals surface area contributed by atoms with Crippen molar-refractivity contribution in [2.24, 2.45) is 23.7 Å². The fraction of sp³-hybridized carbons (Fsp3) is 0.750. The van der Waals surface area contributed by atoms with Crippen molar-refractivity contribution in [1.29, 1.82) is 0 Å². The number of Topliss-reactive ketones (excluding diaryl/α,β-unsaturated/α-hetero) is 2. The van der Waals surface area contributed by atoms with Crippen molar-refractivity contribution in [2.45, 2.75) is 39.0 Å². The zero-order valence-corrected chi connectivity index (χ0v) is 11.5. The number of hydrogen-bond donors (Lipinski definition) is 0. The van der Waals surface area contributed by atoms with E-state index in [1.54, 1.807) is 0 Å². The first-order valence-corrected chi connectivity index (χ1v) is 7.71. The summed E-state index contributed by atoms with van der Waals surface area (Å²) >= 11 is 0. The lowest BCUT2D eigenvalue weighted by Gasteiger charge is -2.46. The normalized spacial score (nSPS) is 41.4. The van der Waals surface area contributed by atoms with Gasteiger partial charge in [-0.3, -0.25) is 9.59 Å². The van der Waals surface area contributed by atoms with Gasteiger partial charge < -0.3 is 4.90 Å². The fourth-order valence-corrected chi connectivity index (χ4v) is 4.98. The molecule has 0 aromatic rings. The Kier molecular flexibility index (Phi) is 2.42. The lowest BCUT2D eigenvalue weighted by Crippen LogP contribution is -2.48. The zero-order valence-electron chi connectivity index (χ0n) is 11.5. The molecule has 2 fully saturated rings. The monoisotopic (exact) mass is 259 g/mol. The highest BCUT2D eigenvalue weighted by molar-refractivity contribution is 6.03. The summed E-state index contributed by atoms with van der Waals surface area (Å²) in [5, 5.41) is 0. The fourth-order valence-electron chi connectivity index (χ4n) is 4.98. The molecule has 4 rings (SSSR count). The van der Waals surface area contributed by atoms with Crippen molar-refractivity contribution in [3.05, 3.63) is 11.3 Å². The Bertz CT molecular complexity index is 493. The second-order valence-electron chi connectivity index (χ2n) is 6.86. The second-order valence-corrected chi connectivity index (χ2v) is 6.86. The van der Waals surface area contributed by atoms with Crippen LogP contribution < -0.4 is 0 Å². The van der Waals surface area contributed by atoms with E-state index in [1.807, 2.05) is 0 Å². The first-order chi connectivity index (χ1) is 9.16. The molecule has 0 amide bonds. The maximum Gasteiger partial charge on any atom is 0.164 e. The summed E-state index contributed by atoms with van der Waals surface area (Å²) in [4.78, 5) is 27.6. The number of allylic oxidation sites excluding steroid dienone is 1. The number of ketones is 2.